The number of anilines is 1. The number of methoxy groups -OCH3 is 1. The molecule has 1 unspecified atom stereocenters. The molecule has 2 heterocycles. The van der Waals surface area contributed by atoms with Crippen molar-refractivity contribution >= 4 is 21.4 Å². The van der Waals surface area contributed by atoms with Crippen LogP contribution in [0.2, 0.25) is 0 Å². The largest absolute Gasteiger partial charge is 0.497 e. The van der Waals surface area contributed by atoms with E-state index in [1.165, 1.54) is 15.9 Å². The van der Waals surface area contributed by atoms with Crippen LogP contribution in [0.15, 0.2) is 35.1 Å². The molecule has 0 aliphatic rings. The van der Waals surface area contributed by atoms with E-state index < -0.39 is 0 Å². The topological polar surface area (TPSA) is 68.5 Å². The van der Waals surface area contributed by atoms with Crippen molar-refractivity contribution in [1.29, 1.82) is 0 Å². The number of nitrogens with one attached hydrogen (secondary N) is 1. The van der Waals surface area contributed by atoms with Gasteiger partial charge in [0.15, 0.2) is 0 Å². The van der Waals surface area contributed by atoms with Crippen molar-refractivity contribution in [2.24, 2.45) is 5.92 Å². The summed E-state index contributed by atoms with van der Waals surface area (Å²) in [7, 11) is 1.66. The lowest BCUT2D eigenvalue weighted by atomic mass is 9.96. The Bertz CT molecular complexity index is 931. The second-order valence-electron chi connectivity index (χ2n) is 6.58. The van der Waals surface area contributed by atoms with Gasteiger partial charge in [0.1, 0.15) is 5.75 Å². The minimum atomic E-state index is -0.131. The average Bonchev–Trinajstić information content (AvgIpc) is 3.03. The van der Waals surface area contributed by atoms with Crippen molar-refractivity contribution in [3.8, 4) is 5.75 Å². The van der Waals surface area contributed by atoms with Gasteiger partial charge in [0.25, 0.3) is 5.56 Å². The number of nitrogens with zero attached hydrogens (tertiary/aromatic N) is 3. The van der Waals surface area contributed by atoms with Crippen molar-refractivity contribution in [1.82, 2.24) is 14.6 Å². The lowest BCUT2D eigenvalue weighted by Crippen LogP contribution is -2.18. The Morgan fingerprint density at radius 2 is 2.00 bits per heavy atom. The molecule has 0 fully saturated rings. The van der Waals surface area contributed by atoms with Crippen LogP contribution in [0, 0.1) is 5.92 Å². The molecule has 3 rings (SSSR count). The van der Waals surface area contributed by atoms with Crippen molar-refractivity contribution in [3.63, 3.8) is 0 Å². The first kappa shape index (κ1) is 18.4. The quantitative estimate of drug-likeness (QED) is 0.681. The fraction of sp³-hybridized carbons (Fsp3) is 0.421. The first-order valence-electron chi connectivity index (χ1n) is 8.82. The second-order valence-corrected chi connectivity index (χ2v) is 7.53. The van der Waals surface area contributed by atoms with Crippen LogP contribution in [0.5, 0.6) is 5.75 Å². The maximum atomic E-state index is 12.3. The van der Waals surface area contributed by atoms with Crippen LogP contribution in [0.4, 0.5) is 5.13 Å². The van der Waals surface area contributed by atoms with Gasteiger partial charge in [-0.25, -0.2) is 4.98 Å². The monoisotopic (exact) mass is 372 g/mol. The summed E-state index contributed by atoms with van der Waals surface area (Å²) in [6.07, 6.45) is 1.76. The molecule has 2 aromatic heterocycles. The first-order valence-corrected chi connectivity index (χ1v) is 9.63. The van der Waals surface area contributed by atoms with Gasteiger partial charge in [-0.05, 0) is 30.0 Å². The number of ether oxygens (including phenoxy) is 1. The van der Waals surface area contributed by atoms with Crippen molar-refractivity contribution in [2.45, 2.75) is 39.7 Å². The normalized spacial score (nSPS) is 12.5. The van der Waals surface area contributed by atoms with E-state index in [-0.39, 0.29) is 11.6 Å². The van der Waals surface area contributed by atoms with Crippen molar-refractivity contribution in [3.05, 3.63) is 51.9 Å². The molecule has 0 aliphatic carbocycles. The Morgan fingerprint density at radius 1 is 1.27 bits per heavy atom. The highest BCUT2D eigenvalue weighted by Crippen LogP contribution is 2.29. The highest BCUT2D eigenvalue weighted by atomic mass is 32.1. The molecule has 0 bridgehead atoms. The molecule has 0 radical (unpaired) electrons. The van der Waals surface area contributed by atoms with Gasteiger partial charge in [-0.1, -0.05) is 50.7 Å². The maximum absolute atomic E-state index is 12.3. The average molecular weight is 372 g/mol. The molecular formula is C19H24N4O2S. The molecule has 0 aliphatic heterocycles. The minimum Gasteiger partial charge on any atom is -0.497 e. The van der Waals surface area contributed by atoms with Gasteiger partial charge in [-0.3, -0.25) is 4.79 Å². The molecular weight excluding hydrogens is 348 g/mol. The van der Waals surface area contributed by atoms with Gasteiger partial charge in [0, 0.05) is 11.8 Å². The zero-order chi connectivity index (χ0) is 18.7. The number of benzene rings is 1. The third-order valence-electron chi connectivity index (χ3n) is 4.22. The highest BCUT2D eigenvalue weighted by Gasteiger charge is 2.18. The zero-order valence-corrected chi connectivity index (χ0v) is 16.3. The Labute approximate surface area is 156 Å². The summed E-state index contributed by atoms with van der Waals surface area (Å²) in [6, 6.07) is 9.65. The number of rotatable bonds is 7. The summed E-state index contributed by atoms with van der Waals surface area (Å²) in [5.41, 5.74) is 1.84. The van der Waals surface area contributed by atoms with Crippen LogP contribution in [0.1, 0.15) is 44.5 Å². The van der Waals surface area contributed by atoms with Crippen LogP contribution in [0.25, 0.3) is 4.96 Å². The van der Waals surface area contributed by atoms with E-state index in [1.807, 2.05) is 24.3 Å². The summed E-state index contributed by atoms with van der Waals surface area (Å²) >= 11 is 1.40. The predicted octanol–water partition coefficient (Wildman–Crippen LogP) is 3.92. The molecule has 7 heteroatoms. The third kappa shape index (κ3) is 3.88. The van der Waals surface area contributed by atoms with E-state index in [0.29, 0.717) is 16.0 Å². The highest BCUT2D eigenvalue weighted by molar-refractivity contribution is 7.20. The molecule has 6 nitrogen and oxygen atoms in total. The second kappa shape index (κ2) is 7.86. The van der Waals surface area contributed by atoms with E-state index >= 15 is 0 Å². The standard InChI is InChI=1S/C19H24N4O2S/c1-5-6-14-11-16(24)23-19(20-14)26-18(22-23)21-17(12(2)3)13-7-9-15(25-4)10-8-13/h7-12,17H,5-6H2,1-4H3,(H,21,22). The Hall–Kier alpha value is -2.41. The van der Waals surface area contributed by atoms with Gasteiger partial charge in [-0.15, -0.1) is 5.10 Å². The van der Waals surface area contributed by atoms with Crippen LogP contribution >= 0.6 is 11.3 Å². The van der Waals surface area contributed by atoms with Gasteiger partial charge in [-0.2, -0.15) is 4.52 Å². The lowest BCUT2D eigenvalue weighted by Gasteiger charge is -2.22. The SMILES string of the molecule is CCCc1cc(=O)n2nc(NC(c3ccc(OC)cc3)C(C)C)sc2n1. The van der Waals surface area contributed by atoms with E-state index in [0.717, 1.165) is 29.8 Å². The smallest absolute Gasteiger partial charge is 0.275 e. The van der Waals surface area contributed by atoms with E-state index in [2.05, 4.69) is 36.2 Å². The Morgan fingerprint density at radius 3 is 2.62 bits per heavy atom. The fourth-order valence-electron chi connectivity index (χ4n) is 2.88. The first-order chi connectivity index (χ1) is 12.5. The molecule has 0 amide bonds. The maximum Gasteiger partial charge on any atom is 0.275 e. The summed E-state index contributed by atoms with van der Waals surface area (Å²) in [6.45, 7) is 6.38. The lowest BCUT2D eigenvalue weighted by molar-refractivity contribution is 0.414. The number of hydrogen-bond donors (Lipinski definition) is 1. The third-order valence-corrected chi connectivity index (χ3v) is 5.06. The number of aryl methyl sites for hydroxylation is 1. The van der Waals surface area contributed by atoms with Gasteiger partial charge >= 0.3 is 0 Å². The zero-order valence-electron chi connectivity index (χ0n) is 15.5. The van der Waals surface area contributed by atoms with E-state index in [9.17, 15) is 4.79 Å². The minimum absolute atomic E-state index is 0.0762. The van der Waals surface area contributed by atoms with Crippen molar-refractivity contribution in [2.75, 3.05) is 12.4 Å². The predicted molar refractivity (Wildman–Crippen MR) is 105 cm³/mol. The molecule has 0 saturated heterocycles. The Balaban J connectivity index is 1.91. The Kier molecular flexibility index (Phi) is 5.56. The molecule has 1 N–H and O–H groups in total. The molecule has 0 saturated carbocycles. The van der Waals surface area contributed by atoms with Crippen LogP contribution in [0.3, 0.4) is 0 Å². The fourth-order valence-corrected chi connectivity index (χ4v) is 3.74. The summed E-state index contributed by atoms with van der Waals surface area (Å²) in [5, 5.41) is 8.58. The molecule has 0 spiro atoms. The van der Waals surface area contributed by atoms with Crippen LogP contribution < -0.4 is 15.6 Å². The van der Waals surface area contributed by atoms with Gasteiger partial charge < -0.3 is 10.1 Å². The van der Waals surface area contributed by atoms with E-state index in [1.54, 1.807) is 13.2 Å². The van der Waals surface area contributed by atoms with Gasteiger partial charge in [0.05, 0.1) is 13.2 Å². The van der Waals surface area contributed by atoms with Crippen LogP contribution in [-0.4, -0.2) is 21.7 Å². The van der Waals surface area contributed by atoms with Gasteiger partial charge in [0.2, 0.25) is 10.1 Å². The summed E-state index contributed by atoms with van der Waals surface area (Å²) in [5.74, 6) is 1.17. The van der Waals surface area contributed by atoms with E-state index in [4.69, 9.17) is 4.74 Å². The molecule has 26 heavy (non-hydrogen) atoms. The molecule has 1 aromatic carbocycles. The molecule has 138 valence electrons. The summed E-state index contributed by atoms with van der Waals surface area (Å²) in [4.78, 5) is 17.5. The van der Waals surface area contributed by atoms with Crippen molar-refractivity contribution < 1.29 is 4.74 Å². The number of fused-ring (bicyclic) bond motifs is 1. The summed E-state index contributed by atoms with van der Waals surface area (Å²) < 4.78 is 6.61. The number of hydrogen-bond acceptors (Lipinski definition) is 6. The molecule has 1 atom stereocenters. The van der Waals surface area contributed by atoms with Crippen LogP contribution in [-0.2, 0) is 6.42 Å². The molecule has 3 aromatic rings. The number of aromatic nitrogens is 3.